The molecule has 0 atom stereocenters. The highest BCUT2D eigenvalue weighted by Gasteiger charge is 2.30. The molecule has 0 amide bonds. The molecule has 0 saturated carbocycles. The van der Waals surface area contributed by atoms with Crippen LogP contribution in [0.15, 0.2) is 42.5 Å². The number of nitrogens with two attached hydrogens (primary N) is 1. The van der Waals surface area contributed by atoms with Gasteiger partial charge in [0.1, 0.15) is 12.4 Å². The first-order valence-electron chi connectivity index (χ1n) is 6.95. The summed E-state index contributed by atoms with van der Waals surface area (Å²) >= 11 is 0. The van der Waals surface area contributed by atoms with Gasteiger partial charge in [0.05, 0.1) is 11.3 Å². The van der Waals surface area contributed by atoms with Crippen LogP contribution >= 0.6 is 0 Å². The number of halogens is 3. The maximum absolute atomic E-state index is 12.6. The second-order valence-corrected chi connectivity index (χ2v) is 5.44. The van der Waals surface area contributed by atoms with Gasteiger partial charge in [-0.3, -0.25) is 0 Å². The molecule has 0 unspecified atom stereocenters. The van der Waals surface area contributed by atoms with Gasteiger partial charge in [0.2, 0.25) is 0 Å². The Morgan fingerprint density at radius 3 is 2.18 bits per heavy atom. The third-order valence-corrected chi connectivity index (χ3v) is 3.38. The van der Waals surface area contributed by atoms with E-state index in [9.17, 15) is 13.2 Å². The number of hydrogen-bond acceptors (Lipinski definition) is 2. The molecule has 0 bridgehead atoms. The largest absolute Gasteiger partial charge is 0.487 e. The van der Waals surface area contributed by atoms with Crippen LogP contribution in [-0.4, -0.2) is 0 Å². The van der Waals surface area contributed by atoms with E-state index in [-0.39, 0.29) is 18.0 Å². The molecule has 0 spiro atoms. The van der Waals surface area contributed by atoms with E-state index in [1.54, 1.807) is 0 Å². The van der Waals surface area contributed by atoms with E-state index in [2.05, 4.69) is 13.8 Å². The molecule has 0 saturated heterocycles. The van der Waals surface area contributed by atoms with Crippen molar-refractivity contribution >= 4 is 5.69 Å². The van der Waals surface area contributed by atoms with Gasteiger partial charge in [-0.05, 0) is 35.2 Å². The molecule has 0 aliphatic rings. The van der Waals surface area contributed by atoms with Crippen LogP contribution in [0.25, 0.3) is 0 Å². The third-order valence-electron chi connectivity index (χ3n) is 3.38. The molecule has 0 aliphatic carbocycles. The van der Waals surface area contributed by atoms with Gasteiger partial charge in [0.25, 0.3) is 0 Å². The van der Waals surface area contributed by atoms with Crippen LogP contribution in [0.2, 0.25) is 0 Å². The Labute approximate surface area is 127 Å². The van der Waals surface area contributed by atoms with Crippen molar-refractivity contribution in [3.63, 3.8) is 0 Å². The number of ether oxygens (including phenoxy) is 1. The fourth-order valence-corrected chi connectivity index (χ4v) is 2.02. The molecular formula is C17H18F3NO. The molecular weight excluding hydrogens is 291 g/mol. The highest BCUT2D eigenvalue weighted by Crippen LogP contribution is 2.33. The Kier molecular flexibility index (Phi) is 4.64. The van der Waals surface area contributed by atoms with E-state index in [1.165, 1.54) is 11.6 Å². The lowest BCUT2D eigenvalue weighted by Gasteiger charge is -2.12. The highest BCUT2D eigenvalue weighted by atomic mass is 19.4. The van der Waals surface area contributed by atoms with Crippen LogP contribution in [0, 0.1) is 0 Å². The van der Waals surface area contributed by atoms with E-state index in [0.29, 0.717) is 5.92 Å². The maximum Gasteiger partial charge on any atom is 0.416 e. The fourth-order valence-electron chi connectivity index (χ4n) is 2.02. The monoisotopic (exact) mass is 309 g/mol. The molecule has 0 aliphatic heterocycles. The van der Waals surface area contributed by atoms with E-state index in [0.717, 1.165) is 17.7 Å². The Bertz CT molecular complexity index is 633. The number of alkyl halides is 3. The quantitative estimate of drug-likeness (QED) is 0.808. The van der Waals surface area contributed by atoms with E-state index in [4.69, 9.17) is 10.5 Å². The van der Waals surface area contributed by atoms with Gasteiger partial charge in [-0.1, -0.05) is 38.1 Å². The van der Waals surface area contributed by atoms with Crippen molar-refractivity contribution in [1.29, 1.82) is 0 Å². The summed E-state index contributed by atoms with van der Waals surface area (Å²) in [5.41, 5.74) is 6.98. The Balaban J connectivity index is 2.05. The molecule has 0 fully saturated rings. The number of anilines is 1. The zero-order valence-corrected chi connectivity index (χ0v) is 12.4. The van der Waals surface area contributed by atoms with Crippen molar-refractivity contribution in [3.8, 4) is 5.75 Å². The summed E-state index contributed by atoms with van der Waals surface area (Å²) in [7, 11) is 0. The van der Waals surface area contributed by atoms with Gasteiger partial charge in [-0.2, -0.15) is 13.2 Å². The number of rotatable bonds is 4. The summed E-state index contributed by atoms with van der Waals surface area (Å²) in [6.45, 7) is 4.47. The summed E-state index contributed by atoms with van der Waals surface area (Å²) < 4.78 is 43.2. The van der Waals surface area contributed by atoms with Gasteiger partial charge in [-0.15, -0.1) is 0 Å². The summed E-state index contributed by atoms with van der Waals surface area (Å²) in [5.74, 6) is 0.696. The molecule has 2 aromatic rings. The van der Waals surface area contributed by atoms with Crippen LogP contribution in [0.1, 0.15) is 36.5 Å². The minimum absolute atomic E-state index is 0.0198. The predicted octanol–water partition coefficient (Wildman–Crippen LogP) is 4.99. The Hall–Kier alpha value is -2.17. The summed E-state index contributed by atoms with van der Waals surface area (Å²) in [6.07, 6.45) is -4.40. The van der Waals surface area contributed by atoms with Gasteiger partial charge in [-0.25, -0.2) is 0 Å². The fraction of sp³-hybridized carbons (Fsp3) is 0.294. The van der Waals surface area contributed by atoms with Crippen LogP contribution in [0.3, 0.4) is 0 Å². The van der Waals surface area contributed by atoms with Crippen LogP contribution in [0.5, 0.6) is 5.75 Å². The molecule has 2 N–H and O–H groups in total. The van der Waals surface area contributed by atoms with Crippen molar-refractivity contribution in [2.45, 2.75) is 32.5 Å². The lowest BCUT2D eigenvalue weighted by molar-refractivity contribution is -0.137. The number of benzene rings is 2. The molecule has 22 heavy (non-hydrogen) atoms. The smallest absolute Gasteiger partial charge is 0.416 e. The zero-order valence-electron chi connectivity index (χ0n) is 12.4. The average molecular weight is 309 g/mol. The lowest BCUT2D eigenvalue weighted by atomic mass is 10.0. The van der Waals surface area contributed by atoms with Gasteiger partial charge < -0.3 is 10.5 Å². The number of nitrogen functional groups attached to an aromatic ring is 1. The second kappa shape index (κ2) is 6.30. The SMILES string of the molecule is CC(C)c1ccc(COc2ccc(C(F)(F)F)cc2N)cc1. The van der Waals surface area contributed by atoms with Crippen molar-refractivity contribution in [1.82, 2.24) is 0 Å². The predicted molar refractivity (Wildman–Crippen MR) is 80.7 cm³/mol. The van der Waals surface area contributed by atoms with E-state index < -0.39 is 11.7 Å². The van der Waals surface area contributed by atoms with Gasteiger partial charge >= 0.3 is 6.18 Å². The molecule has 2 nitrogen and oxygen atoms in total. The van der Waals surface area contributed by atoms with E-state index in [1.807, 2.05) is 24.3 Å². The van der Waals surface area contributed by atoms with Crippen molar-refractivity contribution in [3.05, 3.63) is 59.2 Å². The molecule has 5 heteroatoms. The first kappa shape index (κ1) is 16.2. The molecule has 0 aromatic heterocycles. The standard InChI is InChI=1S/C17H18F3NO/c1-11(2)13-5-3-12(4-6-13)10-22-16-8-7-14(9-15(16)21)17(18,19)20/h3-9,11H,10,21H2,1-2H3. The van der Waals surface area contributed by atoms with Gasteiger partial charge in [0, 0.05) is 0 Å². The molecule has 2 aromatic carbocycles. The van der Waals surface area contributed by atoms with Crippen molar-refractivity contribution in [2.75, 3.05) is 5.73 Å². The first-order chi connectivity index (χ1) is 10.3. The lowest BCUT2D eigenvalue weighted by Crippen LogP contribution is -2.06. The average Bonchev–Trinajstić information content (AvgIpc) is 2.45. The summed E-state index contributed by atoms with van der Waals surface area (Å²) in [4.78, 5) is 0. The minimum atomic E-state index is -4.40. The van der Waals surface area contributed by atoms with Crippen LogP contribution in [0.4, 0.5) is 18.9 Å². The molecule has 2 rings (SSSR count). The first-order valence-corrected chi connectivity index (χ1v) is 6.95. The summed E-state index contributed by atoms with van der Waals surface area (Å²) in [5, 5.41) is 0. The molecule has 0 heterocycles. The third kappa shape index (κ3) is 3.93. The highest BCUT2D eigenvalue weighted by molar-refractivity contribution is 5.54. The molecule has 118 valence electrons. The maximum atomic E-state index is 12.6. The Morgan fingerprint density at radius 1 is 1.05 bits per heavy atom. The van der Waals surface area contributed by atoms with E-state index >= 15 is 0 Å². The second-order valence-electron chi connectivity index (χ2n) is 5.44. The van der Waals surface area contributed by atoms with Crippen molar-refractivity contribution < 1.29 is 17.9 Å². The van der Waals surface area contributed by atoms with Gasteiger partial charge in [0.15, 0.2) is 0 Å². The normalized spacial score (nSPS) is 11.7. The van der Waals surface area contributed by atoms with Crippen LogP contribution < -0.4 is 10.5 Å². The molecule has 0 radical (unpaired) electrons. The zero-order chi connectivity index (χ0) is 16.3. The number of hydrogen-bond donors (Lipinski definition) is 1. The van der Waals surface area contributed by atoms with Crippen molar-refractivity contribution in [2.24, 2.45) is 0 Å². The minimum Gasteiger partial charge on any atom is -0.487 e. The Morgan fingerprint density at radius 2 is 1.68 bits per heavy atom. The van der Waals surface area contributed by atoms with Crippen LogP contribution in [-0.2, 0) is 12.8 Å². The summed E-state index contributed by atoms with van der Waals surface area (Å²) in [6, 6.07) is 11.0. The topological polar surface area (TPSA) is 35.2 Å².